The van der Waals surface area contributed by atoms with E-state index in [1.165, 1.54) is 0 Å². The van der Waals surface area contributed by atoms with Crippen LogP contribution in [-0.2, 0) is 21.6 Å². The number of hydrogen-bond acceptors (Lipinski definition) is 5. The molecule has 168 valence electrons. The number of benzene rings is 1. The molecule has 1 aromatic heterocycles. The quantitative estimate of drug-likeness (QED) is 0.512. The van der Waals surface area contributed by atoms with Gasteiger partial charge in [-0.3, -0.25) is 0 Å². The number of likely N-dealkylation sites (tertiary alicyclic amines) is 1. The van der Waals surface area contributed by atoms with Crippen LogP contribution in [-0.4, -0.2) is 53.5 Å². The molecule has 3 unspecified atom stereocenters. The molecule has 0 amide bonds. The molecule has 2 aliphatic rings. The van der Waals surface area contributed by atoms with E-state index in [2.05, 4.69) is 12.2 Å². The summed E-state index contributed by atoms with van der Waals surface area (Å²) in [7, 11) is 2.24. The molecule has 1 aliphatic carbocycles. The predicted molar refractivity (Wildman–Crippen MR) is 117 cm³/mol. The van der Waals surface area contributed by atoms with E-state index in [1.54, 1.807) is 6.26 Å². The van der Waals surface area contributed by atoms with Crippen molar-refractivity contribution in [3.05, 3.63) is 53.9 Å². The van der Waals surface area contributed by atoms with Crippen molar-refractivity contribution in [3.8, 4) is 0 Å². The van der Waals surface area contributed by atoms with E-state index in [9.17, 15) is 9.90 Å². The molecule has 0 radical (unpaired) electrons. The maximum Gasteiger partial charge on any atom is 0.343 e. The van der Waals surface area contributed by atoms with Crippen molar-refractivity contribution in [2.75, 3.05) is 26.7 Å². The van der Waals surface area contributed by atoms with E-state index in [1.807, 2.05) is 36.4 Å². The maximum absolute atomic E-state index is 13.4. The number of aryl methyl sites for hydroxylation is 1. The van der Waals surface area contributed by atoms with Gasteiger partial charge in [0.05, 0.1) is 25.8 Å². The Kier molecular flexibility index (Phi) is 6.77. The fraction of sp³-hybridized carbons (Fsp3) is 0.600. The van der Waals surface area contributed by atoms with E-state index in [-0.39, 0.29) is 12.0 Å². The first-order valence-electron chi connectivity index (χ1n) is 11.7. The molecule has 1 aliphatic heterocycles. The summed E-state index contributed by atoms with van der Waals surface area (Å²) in [5.74, 6) is -0.541. The highest BCUT2D eigenvalue weighted by molar-refractivity contribution is 5.81. The molecule has 2 heterocycles. The molecule has 1 saturated carbocycles. The lowest BCUT2D eigenvalue weighted by Crippen LogP contribution is -2.55. The molecule has 6 heteroatoms. The third-order valence-electron chi connectivity index (χ3n) is 7.24. The van der Waals surface area contributed by atoms with Crippen LogP contribution < -0.4 is 0 Å². The van der Waals surface area contributed by atoms with Crippen molar-refractivity contribution in [1.29, 1.82) is 0 Å². The molecule has 0 spiro atoms. The minimum atomic E-state index is -1.55. The standard InChI is InChI=1S/C25H35N2O4/c1-27(16-7-13-22-15-18-30-26-22)17-8-14-23(19-27)31-24(28)25(29,21-11-5-6-12-21)20-9-3-2-4-10-20/h2-4,9-10,15,18,21,23,29H,5-8,11-14,16-17,19H2,1H3/q+1. The van der Waals surface area contributed by atoms with Crippen LogP contribution in [0.5, 0.6) is 0 Å². The number of rotatable bonds is 8. The van der Waals surface area contributed by atoms with Crippen LogP contribution in [0.3, 0.4) is 0 Å². The number of aliphatic hydroxyl groups is 1. The molecule has 4 rings (SSSR count). The molecule has 1 N–H and O–H groups in total. The number of quaternary nitrogens is 1. The molecular weight excluding hydrogens is 392 g/mol. The fourth-order valence-electron chi connectivity index (χ4n) is 5.48. The average molecular weight is 428 g/mol. The van der Waals surface area contributed by atoms with Crippen molar-refractivity contribution in [1.82, 2.24) is 5.16 Å². The average Bonchev–Trinajstić information content (AvgIpc) is 3.48. The fourth-order valence-corrected chi connectivity index (χ4v) is 5.48. The zero-order valence-electron chi connectivity index (χ0n) is 18.5. The lowest BCUT2D eigenvalue weighted by Gasteiger charge is -2.42. The molecule has 31 heavy (non-hydrogen) atoms. The normalized spacial score (nSPS) is 26.5. The zero-order chi connectivity index (χ0) is 21.7. The third-order valence-corrected chi connectivity index (χ3v) is 7.24. The number of esters is 1. The molecule has 1 aromatic carbocycles. The molecule has 2 fully saturated rings. The summed E-state index contributed by atoms with van der Waals surface area (Å²) in [6.07, 6.45) is 9.07. The Morgan fingerprint density at radius 2 is 1.97 bits per heavy atom. The Morgan fingerprint density at radius 1 is 1.19 bits per heavy atom. The summed E-state index contributed by atoms with van der Waals surface area (Å²) in [5, 5.41) is 15.7. The van der Waals surface area contributed by atoms with Gasteiger partial charge in [-0.25, -0.2) is 4.79 Å². The van der Waals surface area contributed by atoms with Gasteiger partial charge in [0.2, 0.25) is 0 Å². The van der Waals surface area contributed by atoms with Gasteiger partial charge in [-0.15, -0.1) is 0 Å². The van der Waals surface area contributed by atoms with Crippen molar-refractivity contribution < 1.29 is 23.6 Å². The third kappa shape index (κ3) is 5.01. The summed E-state index contributed by atoms with van der Waals surface area (Å²) in [6.45, 7) is 2.88. The van der Waals surface area contributed by atoms with Gasteiger partial charge in [0, 0.05) is 24.8 Å². The lowest BCUT2D eigenvalue weighted by molar-refractivity contribution is -0.917. The summed E-state index contributed by atoms with van der Waals surface area (Å²) in [4.78, 5) is 13.4. The highest BCUT2D eigenvalue weighted by Gasteiger charge is 2.49. The zero-order valence-corrected chi connectivity index (χ0v) is 18.5. The van der Waals surface area contributed by atoms with Crippen LogP contribution in [0.4, 0.5) is 0 Å². The van der Waals surface area contributed by atoms with Crippen LogP contribution in [0, 0.1) is 5.92 Å². The van der Waals surface area contributed by atoms with Crippen molar-refractivity contribution >= 4 is 5.97 Å². The van der Waals surface area contributed by atoms with E-state index in [0.29, 0.717) is 5.56 Å². The molecule has 3 atom stereocenters. The second kappa shape index (κ2) is 9.53. The number of ether oxygens (including phenoxy) is 1. The van der Waals surface area contributed by atoms with Gasteiger partial charge >= 0.3 is 5.97 Å². The number of nitrogens with zero attached hydrogens (tertiary/aromatic N) is 2. The van der Waals surface area contributed by atoms with Crippen molar-refractivity contribution in [2.24, 2.45) is 5.92 Å². The monoisotopic (exact) mass is 427 g/mol. The minimum Gasteiger partial charge on any atom is -0.454 e. The number of aromatic nitrogens is 1. The van der Waals surface area contributed by atoms with Crippen LogP contribution in [0.1, 0.15) is 56.2 Å². The highest BCUT2D eigenvalue weighted by Crippen LogP contribution is 2.42. The van der Waals surface area contributed by atoms with Gasteiger partial charge in [0.25, 0.3) is 0 Å². The highest BCUT2D eigenvalue weighted by atomic mass is 16.6. The van der Waals surface area contributed by atoms with E-state index in [0.717, 1.165) is 81.2 Å². The van der Waals surface area contributed by atoms with Gasteiger partial charge in [-0.1, -0.05) is 48.3 Å². The van der Waals surface area contributed by atoms with Crippen LogP contribution >= 0.6 is 0 Å². The number of hydrogen-bond donors (Lipinski definition) is 1. The molecule has 1 saturated heterocycles. The lowest BCUT2D eigenvalue weighted by atomic mass is 9.80. The summed E-state index contributed by atoms with van der Waals surface area (Å²) in [6, 6.07) is 11.3. The maximum atomic E-state index is 13.4. The van der Waals surface area contributed by atoms with Gasteiger partial charge < -0.3 is 18.8 Å². The van der Waals surface area contributed by atoms with Gasteiger partial charge in [-0.05, 0) is 31.2 Å². The first kappa shape index (κ1) is 22.0. The molecule has 0 bridgehead atoms. The van der Waals surface area contributed by atoms with Crippen LogP contribution in [0.2, 0.25) is 0 Å². The Hall–Kier alpha value is -2.18. The Balaban J connectivity index is 1.41. The van der Waals surface area contributed by atoms with E-state index < -0.39 is 11.6 Å². The number of carbonyl (C=O) groups excluding carboxylic acids is 1. The van der Waals surface area contributed by atoms with Gasteiger partial charge in [-0.2, -0.15) is 0 Å². The number of likely N-dealkylation sites (N-methyl/N-ethyl adjacent to an activating group) is 1. The van der Waals surface area contributed by atoms with Gasteiger partial charge in [0.1, 0.15) is 12.8 Å². The second-order valence-corrected chi connectivity index (χ2v) is 9.63. The topological polar surface area (TPSA) is 72.6 Å². The summed E-state index contributed by atoms with van der Waals surface area (Å²) in [5.41, 5.74) is 0.0922. The molecule has 6 nitrogen and oxygen atoms in total. The summed E-state index contributed by atoms with van der Waals surface area (Å²) < 4.78 is 11.8. The van der Waals surface area contributed by atoms with Gasteiger partial charge in [0.15, 0.2) is 11.7 Å². The van der Waals surface area contributed by atoms with Crippen molar-refractivity contribution in [2.45, 2.75) is 63.1 Å². The summed E-state index contributed by atoms with van der Waals surface area (Å²) >= 11 is 0. The van der Waals surface area contributed by atoms with Crippen LogP contribution in [0.25, 0.3) is 0 Å². The van der Waals surface area contributed by atoms with Crippen molar-refractivity contribution in [3.63, 3.8) is 0 Å². The molecular formula is C25H35N2O4+. The minimum absolute atomic E-state index is 0.0747. The number of carbonyl (C=O) groups is 1. The Labute approximate surface area is 184 Å². The Bertz CT molecular complexity index is 834. The largest absolute Gasteiger partial charge is 0.454 e. The molecule has 2 aromatic rings. The first-order chi connectivity index (χ1) is 15.0. The Morgan fingerprint density at radius 3 is 2.68 bits per heavy atom. The number of piperidine rings is 1. The van der Waals surface area contributed by atoms with E-state index in [4.69, 9.17) is 9.26 Å². The SMILES string of the molecule is C[N+]1(CCCc2ccon2)CCCC(OC(=O)C(O)(c2ccccc2)C2CCCC2)C1. The van der Waals surface area contributed by atoms with E-state index >= 15 is 0 Å². The first-order valence-corrected chi connectivity index (χ1v) is 11.7. The smallest absolute Gasteiger partial charge is 0.343 e. The van der Waals surface area contributed by atoms with Crippen LogP contribution in [0.15, 0.2) is 47.2 Å². The predicted octanol–water partition coefficient (Wildman–Crippen LogP) is 3.84. The second-order valence-electron chi connectivity index (χ2n) is 9.63.